The Morgan fingerprint density at radius 3 is 2.64 bits per heavy atom. The molecule has 0 aliphatic carbocycles. The van der Waals surface area contributed by atoms with Gasteiger partial charge >= 0.3 is 0 Å². The number of hydrogen-bond acceptors (Lipinski definition) is 0. The summed E-state index contributed by atoms with van der Waals surface area (Å²) in [6, 6.07) is 8.32. The van der Waals surface area contributed by atoms with Crippen molar-refractivity contribution >= 4 is 37.9 Å². The molecular formula is C9H8Br2. The first-order valence-electron chi connectivity index (χ1n) is 3.28. The zero-order valence-electron chi connectivity index (χ0n) is 6.14. The summed E-state index contributed by atoms with van der Waals surface area (Å²) in [7, 11) is 0. The highest BCUT2D eigenvalue weighted by molar-refractivity contribution is 9.28. The lowest BCUT2D eigenvalue weighted by molar-refractivity contribution is 1.46. The molecule has 0 radical (unpaired) electrons. The van der Waals surface area contributed by atoms with E-state index in [2.05, 4.69) is 57.0 Å². The summed E-state index contributed by atoms with van der Waals surface area (Å²) in [4.78, 5) is 0. The minimum absolute atomic E-state index is 0.968. The second kappa shape index (κ2) is 4.07. The van der Waals surface area contributed by atoms with Crippen LogP contribution in [0.25, 0.3) is 6.08 Å². The van der Waals surface area contributed by atoms with Crippen molar-refractivity contribution in [3.05, 3.63) is 38.8 Å². The van der Waals surface area contributed by atoms with Gasteiger partial charge in [0.1, 0.15) is 0 Å². The normalized spacial score (nSPS) is 9.36. The topological polar surface area (TPSA) is 0 Å². The average Bonchev–Trinajstić information content (AvgIpc) is 1.85. The van der Waals surface area contributed by atoms with E-state index in [1.54, 1.807) is 0 Å². The fourth-order valence-corrected chi connectivity index (χ4v) is 1.41. The molecule has 11 heavy (non-hydrogen) atoms. The van der Waals surface area contributed by atoms with Crippen LogP contribution in [0.4, 0.5) is 0 Å². The van der Waals surface area contributed by atoms with Gasteiger partial charge in [0.25, 0.3) is 0 Å². The minimum Gasteiger partial charge on any atom is -0.0614 e. The molecule has 1 aromatic carbocycles. The summed E-state index contributed by atoms with van der Waals surface area (Å²) >= 11 is 6.63. The number of benzene rings is 1. The number of halogens is 2. The van der Waals surface area contributed by atoms with Gasteiger partial charge in [0.2, 0.25) is 0 Å². The monoisotopic (exact) mass is 274 g/mol. The van der Waals surface area contributed by atoms with Crippen LogP contribution < -0.4 is 0 Å². The Morgan fingerprint density at radius 2 is 2.09 bits per heavy atom. The Morgan fingerprint density at radius 1 is 1.36 bits per heavy atom. The zero-order chi connectivity index (χ0) is 8.27. The molecule has 0 nitrogen and oxygen atoms in total. The van der Waals surface area contributed by atoms with Gasteiger partial charge in [0.05, 0.1) is 3.39 Å². The highest BCUT2D eigenvalue weighted by Gasteiger charge is 1.88. The van der Waals surface area contributed by atoms with Crippen LogP contribution in [0, 0.1) is 6.92 Å². The third-order valence-corrected chi connectivity index (χ3v) is 1.78. The first kappa shape index (κ1) is 9.01. The maximum absolute atomic E-state index is 3.31. The Labute approximate surface area is 83.6 Å². The van der Waals surface area contributed by atoms with Gasteiger partial charge in [-0.3, -0.25) is 0 Å². The van der Waals surface area contributed by atoms with Crippen LogP contribution in [0.1, 0.15) is 11.1 Å². The number of rotatable bonds is 1. The van der Waals surface area contributed by atoms with Gasteiger partial charge < -0.3 is 0 Å². The molecule has 0 aliphatic heterocycles. The predicted octanol–water partition coefficient (Wildman–Crippen LogP) is 4.08. The lowest BCUT2D eigenvalue weighted by Crippen LogP contribution is -1.73. The molecule has 1 rings (SSSR count). The molecule has 2 heteroatoms. The largest absolute Gasteiger partial charge is 0.0614 e. The Bertz CT molecular complexity index is 273. The lowest BCUT2D eigenvalue weighted by Gasteiger charge is -1.94. The van der Waals surface area contributed by atoms with E-state index >= 15 is 0 Å². The molecule has 0 saturated carbocycles. The quantitative estimate of drug-likeness (QED) is 0.724. The number of aryl methyl sites for hydroxylation is 1. The standard InChI is InChI=1S/C9H8Br2/c1-7-3-2-4-8(5-7)6-9(10)11/h2-6H,1H3. The van der Waals surface area contributed by atoms with E-state index < -0.39 is 0 Å². The van der Waals surface area contributed by atoms with E-state index in [9.17, 15) is 0 Å². The Hall–Kier alpha value is -0.0800. The summed E-state index contributed by atoms with van der Waals surface area (Å²) in [6.07, 6.45) is 2.02. The fraction of sp³-hybridized carbons (Fsp3) is 0.111. The van der Waals surface area contributed by atoms with Crippen LogP contribution in [-0.2, 0) is 0 Å². The van der Waals surface area contributed by atoms with E-state index in [0.717, 1.165) is 3.39 Å². The zero-order valence-corrected chi connectivity index (χ0v) is 9.31. The summed E-state index contributed by atoms with van der Waals surface area (Å²) in [5.41, 5.74) is 2.48. The molecule has 0 aliphatic rings. The molecule has 0 atom stereocenters. The Kier molecular flexibility index (Phi) is 3.34. The molecule has 0 unspecified atom stereocenters. The lowest BCUT2D eigenvalue weighted by atomic mass is 10.1. The number of hydrogen-bond donors (Lipinski definition) is 0. The summed E-state index contributed by atoms with van der Waals surface area (Å²) < 4.78 is 0.968. The van der Waals surface area contributed by atoms with Crippen molar-refractivity contribution in [3.8, 4) is 0 Å². The van der Waals surface area contributed by atoms with Crippen molar-refractivity contribution in [1.29, 1.82) is 0 Å². The van der Waals surface area contributed by atoms with E-state index in [1.807, 2.05) is 12.1 Å². The third-order valence-electron chi connectivity index (χ3n) is 1.32. The van der Waals surface area contributed by atoms with Crippen LogP contribution in [-0.4, -0.2) is 0 Å². The van der Waals surface area contributed by atoms with Crippen LogP contribution >= 0.6 is 31.9 Å². The molecule has 1 aromatic rings. The summed E-state index contributed by atoms with van der Waals surface area (Å²) in [5, 5.41) is 0. The molecular weight excluding hydrogens is 268 g/mol. The SMILES string of the molecule is Cc1cccc(C=C(Br)Br)c1. The van der Waals surface area contributed by atoms with Crippen LogP contribution in [0.2, 0.25) is 0 Å². The van der Waals surface area contributed by atoms with Crippen molar-refractivity contribution < 1.29 is 0 Å². The van der Waals surface area contributed by atoms with Crippen molar-refractivity contribution in [1.82, 2.24) is 0 Å². The first-order chi connectivity index (χ1) is 5.18. The van der Waals surface area contributed by atoms with Crippen molar-refractivity contribution in [2.24, 2.45) is 0 Å². The van der Waals surface area contributed by atoms with Gasteiger partial charge in [-0.15, -0.1) is 0 Å². The average molecular weight is 276 g/mol. The van der Waals surface area contributed by atoms with Gasteiger partial charge in [-0.1, -0.05) is 29.8 Å². The Balaban J connectivity index is 2.97. The molecule has 0 amide bonds. The molecule has 58 valence electrons. The van der Waals surface area contributed by atoms with Gasteiger partial charge in [0.15, 0.2) is 0 Å². The third kappa shape index (κ3) is 3.21. The van der Waals surface area contributed by atoms with Crippen LogP contribution in [0.5, 0.6) is 0 Å². The van der Waals surface area contributed by atoms with E-state index in [1.165, 1.54) is 11.1 Å². The highest BCUT2D eigenvalue weighted by atomic mass is 79.9. The van der Waals surface area contributed by atoms with Gasteiger partial charge in [0, 0.05) is 0 Å². The van der Waals surface area contributed by atoms with E-state index in [0.29, 0.717) is 0 Å². The van der Waals surface area contributed by atoms with Crippen molar-refractivity contribution in [3.63, 3.8) is 0 Å². The minimum atomic E-state index is 0.968. The second-order valence-electron chi connectivity index (χ2n) is 2.35. The predicted molar refractivity (Wildman–Crippen MR) is 57.0 cm³/mol. The smallest absolute Gasteiger partial charge is 0.0610 e. The molecule has 0 spiro atoms. The fourth-order valence-electron chi connectivity index (χ4n) is 0.886. The molecule has 0 aromatic heterocycles. The molecule has 0 bridgehead atoms. The maximum atomic E-state index is 3.31. The van der Waals surface area contributed by atoms with Crippen LogP contribution in [0.3, 0.4) is 0 Å². The van der Waals surface area contributed by atoms with Gasteiger partial charge in [-0.05, 0) is 50.4 Å². The van der Waals surface area contributed by atoms with Gasteiger partial charge in [-0.2, -0.15) is 0 Å². The molecule has 0 saturated heterocycles. The van der Waals surface area contributed by atoms with Crippen molar-refractivity contribution in [2.45, 2.75) is 6.92 Å². The second-order valence-corrected chi connectivity index (χ2v) is 5.12. The highest BCUT2D eigenvalue weighted by Crippen LogP contribution is 2.18. The van der Waals surface area contributed by atoms with E-state index in [-0.39, 0.29) is 0 Å². The summed E-state index contributed by atoms with van der Waals surface area (Å²) in [5.74, 6) is 0. The first-order valence-corrected chi connectivity index (χ1v) is 4.86. The summed E-state index contributed by atoms with van der Waals surface area (Å²) in [6.45, 7) is 2.08. The van der Waals surface area contributed by atoms with Crippen molar-refractivity contribution in [2.75, 3.05) is 0 Å². The molecule has 0 heterocycles. The van der Waals surface area contributed by atoms with Crippen LogP contribution in [0.15, 0.2) is 27.7 Å². The maximum Gasteiger partial charge on any atom is 0.0610 e. The molecule has 0 fully saturated rings. The van der Waals surface area contributed by atoms with Gasteiger partial charge in [-0.25, -0.2) is 0 Å². The van der Waals surface area contributed by atoms with E-state index in [4.69, 9.17) is 0 Å². The molecule has 0 N–H and O–H groups in total.